The second-order valence-corrected chi connectivity index (χ2v) is 5.96. The number of halogens is 1. The molecule has 0 atom stereocenters. The Bertz CT molecular complexity index is 413. The lowest BCUT2D eigenvalue weighted by Crippen LogP contribution is -2.36. The molecule has 1 aliphatic carbocycles. The van der Waals surface area contributed by atoms with Crippen LogP contribution in [0, 0.1) is 5.82 Å². The Balaban J connectivity index is 1.99. The number of hydrogen-bond donors (Lipinski definition) is 1. The van der Waals surface area contributed by atoms with Crippen molar-refractivity contribution in [3.8, 4) is 0 Å². The minimum absolute atomic E-state index is 0.0838. The van der Waals surface area contributed by atoms with Crippen LogP contribution in [0.1, 0.15) is 44.2 Å². The zero-order chi connectivity index (χ0) is 13.8. The van der Waals surface area contributed by atoms with Gasteiger partial charge in [0.15, 0.2) is 0 Å². The van der Waals surface area contributed by atoms with Crippen LogP contribution in [0.15, 0.2) is 18.2 Å². The van der Waals surface area contributed by atoms with Gasteiger partial charge in [-0.1, -0.05) is 32.4 Å². The van der Waals surface area contributed by atoms with Crippen molar-refractivity contribution in [2.75, 3.05) is 7.05 Å². The van der Waals surface area contributed by atoms with E-state index in [4.69, 9.17) is 0 Å². The Labute approximate surface area is 116 Å². The van der Waals surface area contributed by atoms with Crippen LogP contribution in [0.3, 0.4) is 0 Å². The summed E-state index contributed by atoms with van der Waals surface area (Å²) in [7, 11) is 2.10. The van der Waals surface area contributed by atoms with Gasteiger partial charge in [0, 0.05) is 30.7 Å². The van der Waals surface area contributed by atoms with Crippen LogP contribution >= 0.6 is 0 Å². The Morgan fingerprint density at radius 2 is 2.11 bits per heavy atom. The maximum absolute atomic E-state index is 13.9. The average Bonchev–Trinajstić information content (AvgIpc) is 2.27. The van der Waals surface area contributed by atoms with Crippen molar-refractivity contribution >= 4 is 0 Å². The van der Waals surface area contributed by atoms with E-state index in [1.807, 2.05) is 12.1 Å². The lowest BCUT2D eigenvalue weighted by atomic mass is 9.91. The van der Waals surface area contributed by atoms with Gasteiger partial charge in [-0.05, 0) is 31.5 Å². The standard InChI is InChI=1S/C16H25FN2/c1-12(2)18-10-13-7-8-16(17)14(9-13)11-19(3)15-5-4-6-15/h7-9,12,15,18H,4-6,10-11H2,1-3H3. The Morgan fingerprint density at radius 3 is 2.68 bits per heavy atom. The molecule has 19 heavy (non-hydrogen) atoms. The molecular formula is C16H25FN2. The summed E-state index contributed by atoms with van der Waals surface area (Å²) in [5.74, 6) is -0.0838. The number of rotatable bonds is 6. The maximum Gasteiger partial charge on any atom is 0.127 e. The first-order valence-corrected chi connectivity index (χ1v) is 7.27. The third-order valence-corrected chi connectivity index (χ3v) is 3.94. The first-order valence-electron chi connectivity index (χ1n) is 7.27. The highest BCUT2D eigenvalue weighted by Gasteiger charge is 2.22. The Kier molecular flexibility index (Phi) is 4.94. The van der Waals surface area contributed by atoms with Crippen LogP contribution in [-0.4, -0.2) is 24.0 Å². The van der Waals surface area contributed by atoms with E-state index in [0.717, 1.165) is 17.7 Å². The fourth-order valence-electron chi connectivity index (χ4n) is 2.41. The SMILES string of the molecule is CC(C)NCc1ccc(F)c(CN(C)C2CCC2)c1. The van der Waals surface area contributed by atoms with Crippen LogP contribution < -0.4 is 5.32 Å². The molecule has 0 heterocycles. The highest BCUT2D eigenvalue weighted by Crippen LogP contribution is 2.25. The van der Waals surface area contributed by atoms with Gasteiger partial charge in [-0.2, -0.15) is 0 Å². The van der Waals surface area contributed by atoms with Gasteiger partial charge in [0.25, 0.3) is 0 Å². The molecule has 0 spiro atoms. The molecule has 1 fully saturated rings. The molecule has 1 saturated carbocycles. The van der Waals surface area contributed by atoms with E-state index < -0.39 is 0 Å². The molecule has 0 bridgehead atoms. The maximum atomic E-state index is 13.9. The molecule has 0 amide bonds. The summed E-state index contributed by atoms with van der Waals surface area (Å²) in [6.45, 7) is 5.76. The third-order valence-electron chi connectivity index (χ3n) is 3.94. The molecule has 0 aliphatic heterocycles. The molecule has 1 aliphatic rings. The summed E-state index contributed by atoms with van der Waals surface area (Å²) >= 11 is 0. The first-order chi connectivity index (χ1) is 9.06. The lowest BCUT2D eigenvalue weighted by molar-refractivity contribution is 0.151. The van der Waals surface area contributed by atoms with Crippen LogP contribution in [0.4, 0.5) is 4.39 Å². The summed E-state index contributed by atoms with van der Waals surface area (Å²) in [6, 6.07) is 6.57. The molecule has 3 heteroatoms. The van der Waals surface area contributed by atoms with Crippen LogP contribution in [0.25, 0.3) is 0 Å². The van der Waals surface area contributed by atoms with E-state index in [-0.39, 0.29) is 5.82 Å². The normalized spacial score (nSPS) is 16.1. The largest absolute Gasteiger partial charge is 0.310 e. The molecule has 0 saturated heterocycles. The quantitative estimate of drug-likeness (QED) is 0.848. The highest BCUT2D eigenvalue weighted by atomic mass is 19.1. The van der Waals surface area contributed by atoms with Crippen molar-refractivity contribution < 1.29 is 4.39 Å². The fraction of sp³-hybridized carbons (Fsp3) is 0.625. The van der Waals surface area contributed by atoms with Crippen molar-refractivity contribution in [3.63, 3.8) is 0 Å². The number of nitrogens with one attached hydrogen (secondary N) is 1. The van der Waals surface area contributed by atoms with Gasteiger partial charge in [0.2, 0.25) is 0 Å². The monoisotopic (exact) mass is 264 g/mol. The smallest absolute Gasteiger partial charge is 0.127 e. The van der Waals surface area contributed by atoms with Gasteiger partial charge >= 0.3 is 0 Å². The van der Waals surface area contributed by atoms with Crippen molar-refractivity contribution in [3.05, 3.63) is 35.1 Å². The minimum atomic E-state index is -0.0838. The third kappa shape index (κ3) is 4.02. The molecule has 1 N–H and O–H groups in total. The highest BCUT2D eigenvalue weighted by molar-refractivity contribution is 5.25. The fourth-order valence-corrected chi connectivity index (χ4v) is 2.41. The van der Waals surface area contributed by atoms with Gasteiger partial charge in [-0.25, -0.2) is 4.39 Å². The summed E-state index contributed by atoms with van der Waals surface area (Å²) in [6.07, 6.45) is 3.83. The van der Waals surface area contributed by atoms with Gasteiger partial charge in [-0.15, -0.1) is 0 Å². The van der Waals surface area contributed by atoms with Gasteiger partial charge < -0.3 is 5.32 Å². The topological polar surface area (TPSA) is 15.3 Å². The zero-order valence-electron chi connectivity index (χ0n) is 12.2. The van der Waals surface area contributed by atoms with Crippen molar-refractivity contribution in [2.24, 2.45) is 0 Å². The predicted octanol–water partition coefficient (Wildman–Crippen LogP) is 3.31. The van der Waals surface area contributed by atoms with Gasteiger partial charge in [-0.3, -0.25) is 4.90 Å². The zero-order valence-corrected chi connectivity index (χ0v) is 12.2. The minimum Gasteiger partial charge on any atom is -0.310 e. The second kappa shape index (κ2) is 6.49. The number of benzene rings is 1. The average molecular weight is 264 g/mol. The summed E-state index contributed by atoms with van der Waals surface area (Å²) in [4.78, 5) is 2.28. The summed E-state index contributed by atoms with van der Waals surface area (Å²) in [5, 5.41) is 3.37. The molecule has 106 valence electrons. The van der Waals surface area contributed by atoms with Gasteiger partial charge in [0.1, 0.15) is 5.82 Å². The van der Waals surface area contributed by atoms with Crippen LogP contribution in [0.2, 0.25) is 0 Å². The molecule has 2 nitrogen and oxygen atoms in total. The Hall–Kier alpha value is -0.930. The predicted molar refractivity (Wildman–Crippen MR) is 77.5 cm³/mol. The van der Waals surface area contributed by atoms with E-state index in [1.165, 1.54) is 19.3 Å². The summed E-state index contributed by atoms with van der Waals surface area (Å²) in [5.41, 5.74) is 1.98. The van der Waals surface area contributed by atoms with E-state index in [0.29, 0.717) is 18.6 Å². The second-order valence-electron chi connectivity index (χ2n) is 5.96. The molecule has 1 aromatic carbocycles. The van der Waals surface area contributed by atoms with E-state index in [1.54, 1.807) is 6.07 Å². The van der Waals surface area contributed by atoms with Crippen molar-refractivity contribution in [2.45, 2.75) is 58.3 Å². The molecule has 0 radical (unpaired) electrons. The van der Waals surface area contributed by atoms with Crippen molar-refractivity contribution in [1.29, 1.82) is 0 Å². The van der Waals surface area contributed by atoms with Crippen LogP contribution in [0.5, 0.6) is 0 Å². The first kappa shape index (κ1) is 14.5. The molecule has 0 unspecified atom stereocenters. The number of hydrogen-bond acceptors (Lipinski definition) is 2. The molecule has 1 aromatic rings. The Morgan fingerprint density at radius 1 is 1.37 bits per heavy atom. The van der Waals surface area contributed by atoms with Crippen LogP contribution in [-0.2, 0) is 13.1 Å². The lowest BCUT2D eigenvalue weighted by Gasteiger charge is -2.34. The van der Waals surface area contributed by atoms with Gasteiger partial charge in [0.05, 0.1) is 0 Å². The number of nitrogens with zero attached hydrogens (tertiary/aromatic N) is 1. The van der Waals surface area contributed by atoms with E-state index in [9.17, 15) is 4.39 Å². The molecule has 0 aromatic heterocycles. The van der Waals surface area contributed by atoms with E-state index in [2.05, 4.69) is 31.1 Å². The van der Waals surface area contributed by atoms with E-state index >= 15 is 0 Å². The summed E-state index contributed by atoms with van der Waals surface area (Å²) < 4.78 is 13.9. The molecule has 2 rings (SSSR count). The van der Waals surface area contributed by atoms with Crippen molar-refractivity contribution in [1.82, 2.24) is 10.2 Å². The molecular weight excluding hydrogens is 239 g/mol.